The topological polar surface area (TPSA) is 84.3 Å². The average Bonchev–Trinajstić information content (AvgIpc) is 2.29. The molecule has 2 heterocycles. The van der Waals surface area contributed by atoms with Crippen LogP contribution in [-0.2, 0) is 22.6 Å². The molecular formula is C11H15N3O3. The fraction of sp³-hybridized carbons (Fsp3) is 0.545. The number of hydrogen-bond donors (Lipinski definition) is 2. The molecule has 0 amide bonds. The molecule has 92 valence electrons. The van der Waals surface area contributed by atoms with Crippen LogP contribution in [0.5, 0.6) is 0 Å². The molecule has 6 heteroatoms. The van der Waals surface area contributed by atoms with Gasteiger partial charge in [0.1, 0.15) is 17.7 Å². The summed E-state index contributed by atoms with van der Waals surface area (Å²) in [7, 11) is 0. The van der Waals surface area contributed by atoms with Crippen LogP contribution < -0.4 is 5.32 Å². The molecule has 0 spiro atoms. The molecule has 0 bridgehead atoms. The van der Waals surface area contributed by atoms with Crippen LogP contribution in [0.3, 0.4) is 0 Å². The molecule has 0 atom stereocenters. The van der Waals surface area contributed by atoms with E-state index in [9.17, 15) is 4.79 Å². The number of anilines is 1. The standard InChI is InChI=1S/C11H15N3O3/c1-11(2,10(15)16)14-9-7-5-17-4-3-8(7)12-6-13-9/h6H,3-5H2,1-2H3,(H,15,16)(H,12,13,14). The van der Waals surface area contributed by atoms with Gasteiger partial charge in [-0.25, -0.2) is 14.8 Å². The lowest BCUT2D eigenvalue weighted by Crippen LogP contribution is -2.40. The number of fused-ring (bicyclic) bond motifs is 1. The van der Waals surface area contributed by atoms with E-state index in [1.807, 2.05) is 0 Å². The molecule has 1 aliphatic rings. The first-order valence-electron chi connectivity index (χ1n) is 5.43. The first-order chi connectivity index (χ1) is 8.00. The number of aromatic nitrogens is 2. The van der Waals surface area contributed by atoms with Crippen molar-refractivity contribution in [3.05, 3.63) is 17.6 Å². The zero-order valence-electron chi connectivity index (χ0n) is 9.86. The smallest absolute Gasteiger partial charge is 0.328 e. The molecule has 0 radical (unpaired) electrons. The van der Waals surface area contributed by atoms with Gasteiger partial charge in [-0.05, 0) is 13.8 Å². The summed E-state index contributed by atoms with van der Waals surface area (Å²) in [5.41, 5.74) is 0.711. The van der Waals surface area contributed by atoms with E-state index in [-0.39, 0.29) is 0 Å². The molecule has 2 N–H and O–H groups in total. The van der Waals surface area contributed by atoms with Gasteiger partial charge in [0.25, 0.3) is 0 Å². The Labute approximate surface area is 99.0 Å². The molecule has 0 aromatic carbocycles. The number of rotatable bonds is 3. The second-order valence-electron chi connectivity index (χ2n) is 4.51. The van der Waals surface area contributed by atoms with Crippen molar-refractivity contribution in [3.8, 4) is 0 Å². The van der Waals surface area contributed by atoms with Gasteiger partial charge in [-0.2, -0.15) is 0 Å². The molecule has 1 aromatic rings. The first kappa shape index (κ1) is 11.8. The van der Waals surface area contributed by atoms with Crippen LogP contribution in [0.2, 0.25) is 0 Å². The second kappa shape index (κ2) is 4.29. The molecule has 0 saturated heterocycles. The summed E-state index contributed by atoms with van der Waals surface area (Å²) >= 11 is 0. The first-order valence-corrected chi connectivity index (χ1v) is 5.43. The monoisotopic (exact) mass is 237 g/mol. The van der Waals surface area contributed by atoms with Crippen LogP contribution in [-0.4, -0.2) is 33.2 Å². The highest BCUT2D eigenvalue weighted by molar-refractivity contribution is 5.81. The van der Waals surface area contributed by atoms with Gasteiger partial charge in [-0.1, -0.05) is 0 Å². The van der Waals surface area contributed by atoms with Gasteiger partial charge in [0, 0.05) is 12.0 Å². The van der Waals surface area contributed by atoms with E-state index < -0.39 is 11.5 Å². The van der Waals surface area contributed by atoms with Crippen molar-refractivity contribution in [3.63, 3.8) is 0 Å². The van der Waals surface area contributed by atoms with E-state index in [2.05, 4.69) is 15.3 Å². The molecule has 1 aliphatic heterocycles. The summed E-state index contributed by atoms with van der Waals surface area (Å²) in [5.74, 6) is -0.385. The predicted octanol–water partition coefficient (Wildman–Crippen LogP) is 0.824. The zero-order chi connectivity index (χ0) is 12.5. The number of carbonyl (C=O) groups is 1. The van der Waals surface area contributed by atoms with Crippen molar-refractivity contribution >= 4 is 11.8 Å². The van der Waals surface area contributed by atoms with Crippen molar-refractivity contribution in [1.82, 2.24) is 9.97 Å². The van der Waals surface area contributed by atoms with E-state index in [0.29, 0.717) is 19.0 Å². The van der Waals surface area contributed by atoms with Gasteiger partial charge in [0.2, 0.25) is 0 Å². The van der Waals surface area contributed by atoms with E-state index in [1.165, 1.54) is 6.33 Å². The lowest BCUT2D eigenvalue weighted by Gasteiger charge is -2.25. The van der Waals surface area contributed by atoms with E-state index in [4.69, 9.17) is 9.84 Å². The van der Waals surface area contributed by atoms with Gasteiger partial charge >= 0.3 is 5.97 Å². The number of hydrogen-bond acceptors (Lipinski definition) is 5. The third-order valence-electron chi connectivity index (χ3n) is 2.73. The van der Waals surface area contributed by atoms with Crippen LogP contribution in [0.25, 0.3) is 0 Å². The Morgan fingerprint density at radius 3 is 3.00 bits per heavy atom. The molecule has 2 rings (SSSR count). The third-order valence-corrected chi connectivity index (χ3v) is 2.73. The van der Waals surface area contributed by atoms with E-state index >= 15 is 0 Å². The SMILES string of the molecule is CC(C)(Nc1ncnc2c1COCC2)C(=O)O. The summed E-state index contributed by atoms with van der Waals surface area (Å²) < 4.78 is 5.34. The minimum absolute atomic E-state index is 0.425. The summed E-state index contributed by atoms with van der Waals surface area (Å²) in [6.45, 7) is 4.25. The van der Waals surface area contributed by atoms with Crippen LogP contribution in [0.4, 0.5) is 5.82 Å². The lowest BCUT2D eigenvalue weighted by molar-refractivity contribution is -0.141. The Kier molecular flexibility index (Phi) is 2.97. The second-order valence-corrected chi connectivity index (χ2v) is 4.51. The number of ether oxygens (including phenoxy) is 1. The number of aliphatic carboxylic acids is 1. The zero-order valence-corrected chi connectivity index (χ0v) is 9.86. The van der Waals surface area contributed by atoms with Crippen LogP contribution in [0, 0.1) is 0 Å². The minimum Gasteiger partial charge on any atom is -0.480 e. The van der Waals surface area contributed by atoms with Crippen LogP contribution >= 0.6 is 0 Å². The Hall–Kier alpha value is -1.69. The highest BCUT2D eigenvalue weighted by Gasteiger charge is 2.29. The molecule has 1 aromatic heterocycles. The maximum Gasteiger partial charge on any atom is 0.328 e. The predicted molar refractivity (Wildman–Crippen MR) is 60.7 cm³/mol. The van der Waals surface area contributed by atoms with Gasteiger partial charge in [0.15, 0.2) is 0 Å². The van der Waals surface area contributed by atoms with Gasteiger partial charge in [0.05, 0.1) is 18.9 Å². The van der Waals surface area contributed by atoms with Gasteiger partial charge in [-0.15, -0.1) is 0 Å². The minimum atomic E-state index is -1.07. The molecule has 0 unspecified atom stereocenters. The van der Waals surface area contributed by atoms with Crippen molar-refractivity contribution in [2.45, 2.75) is 32.4 Å². The summed E-state index contributed by atoms with van der Waals surface area (Å²) in [6.07, 6.45) is 2.18. The highest BCUT2D eigenvalue weighted by Crippen LogP contribution is 2.23. The van der Waals surface area contributed by atoms with Crippen molar-refractivity contribution in [2.24, 2.45) is 0 Å². The normalized spacial score (nSPS) is 15.2. The largest absolute Gasteiger partial charge is 0.480 e. The summed E-state index contributed by atoms with van der Waals surface area (Å²) in [4.78, 5) is 19.3. The quantitative estimate of drug-likeness (QED) is 0.809. The molecular weight excluding hydrogens is 222 g/mol. The number of carboxylic acid groups (broad SMARTS) is 1. The highest BCUT2D eigenvalue weighted by atomic mass is 16.5. The van der Waals surface area contributed by atoms with Crippen LogP contribution in [0.1, 0.15) is 25.1 Å². The lowest BCUT2D eigenvalue weighted by atomic mass is 10.0. The Morgan fingerprint density at radius 1 is 1.53 bits per heavy atom. The summed E-state index contributed by atoms with van der Waals surface area (Å²) in [6, 6.07) is 0. The Morgan fingerprint density at radius 2 is 2.29 bits per heavy atom. The fourth-order valence-electron chi connectivity index (χ4n) is 1.62. The maximum atomic E-state index is 11.1. The third kappa shape index (κ3) is 2.36. The number of nitrogens with one attached hydrogen (secondary N) is 1. The molecule has 0 aliphatic carbocycles. The van der Waals surface area contributed by atoms with Crippen molar-refractivity contribution in [2.75, 3.05) is 11.9 Å². The van der Waals surface area contributed by atoms with E-state index in [0.717, 1.165) is 17.7 Å². The van der Waals surface area contributed by atoms with Crippen LogP contribution in [0.15, 0.2) is 6.33 Å². The maximum absolute atomic E-state index is 11.1. The molecule has 0 saturated carbocycles. The number of nitrogens with zero attached hydrogens (tertiary/aromatic N) is 2. The number of carboxylic acids is 1. The fourth-order valence-corrected chi connectivity index (χ4v) is 1.62. The van der Waals surface area contributed by atoms with E-state index in [1.54, 1.807) is 13.8 Å². The molecule has 6 nitrogen and oxygen atoms in total. The summed E-state index contributed by atoms with van der Waals surface area (Å²) in [5, 5.41) is 12.0. The average molecular weight is 237 g/mol. The van der Waals surface area contributed by atoms with Crippen molar-refractivity contribution in [1.29, 1.82) is 0 Å². The van der Waals surface area contributed by atoms with Crippen molar-refractivity contribution < 1.29 is 14.6 Å². The van der Waals surface area contributed by atoms with Gasteiger partial charge < -0.3 is 15.2 Å². The molecule has 0 fully saturated rings. The Balaban J connectivity index is 2.30. The Bertz CT molecular complexity index is 446. The molecule has 17 heavy (non-hydrogen) atoms. The van der Waals surface area contributed by atoms with Gasteiger partial charge in [-0.3, -0.25) is 0 Å².